The molecular weight excluding hydrogens is 259 g/mol. The highest BCUT2D eigenvalue weighted by atomic mass is 19.4. The average molecular weight is 271 g/mol. The topological polar surface area (TPSA) is 49.3 Å². The molecule has 0 saturated carbocycles. The summed E-state index contributed by atoms with van der Waals surface area (Å²) < 4.78 is 35.8. The highest BCUT2D eigenvalue weighted by Gasteiger charge is 2.31. The van der Waals surface area contributed by atoms with E-state index < -0.39 is 18.5 Å². The van der Waals surface area contributed by atoms with Crippen molar-refractivity contribution in [3.63, 3.8) is 0 Å². The van der Waals surface area contributed by atoms with Gasteiger partial charge in [-0.1, -0.05) is 11.8 Å². The maximum absolute atomic E-state index is 11.9. The highest BCUT2D eigenvalue weighted by molar-refractivity contribution is 5.91. The molecule has 0 aliphatic heterocycles. The molecule has 1 rings (SSSR count). The van der Waals surface area contributed by atoms with Crippen LogP contribution in [0.5, 0.6) is 0 Å². The van der Waals surface area contributed by atoms with E-state index in [2.05, 4.69) is 17.2 Å². The summed E-state index contributed by atoms with van der Waals surface area (Å²) in [5.74, 6) is 4.36. The number of rotatable bonds is 3. The van der Waals surface area contributed by atoms with Crippen molar-refractivity contribution in [3.05, 3.63) is 29.8 Å². The average Bonchev–Trinajstić information content (AvgIpc) is 2.29. The fraction of sp³-hybridized carbons (Fsp3) is 0.308. The first-order valence-electron chi connectivity index (χ1n) is 5.47. The molecule has 0 atom stereocenters. The number of benzene rings is 1. The van der Waals surface area contributed by atoms with Gasteiger partial charge >= 0.3 is 6.18 Å². The molecule has 1 aromatic rings. The molecule has 0 aliphatic carbocycles. The molecule has 0 aromatic heterocycles. The Morgan fingerprint density at radius 1 is 1.26 bits per heavy atom. The third kappa shape index (κ3) is 6.48. The lowest BCUT2D eigenvalue weighted by molar-refractivity contribution is -0.150. The van der Waals surface area contributed by atoms with Crippen LogP contribution in [0.2, 0.25) is 0 Å². The second-order valence-electron chi connectivity index (χ2n) is 3.69. The van der Waals surface area contributed by atoms with Crippen LogP contribution in [0, 0.1) is 11.8 Å². The molecule has 1 aromatic carbocycles. The highest BCUT2D eigenvalue weighted by Crippen LogP contribution is 2.20. The molecule has 6 heteroatoms. The third-order valence-electron chi connectivity index (χ3n) is 2.00. The summed E-state index contributed by atoms with van der Waals surface area (Å²) in [6.45, 7) is -0.0292. The van der Waals surface area contributed by atoms with Crippen LogP contribution in [0.3, 0.4) is 0 Å². The van der Waals surface area contributed by atoms with Crippen LogP contribution in [0.4, 0.5) is 18.9 Å². The number of hydrogen-bond acceptors (Lipinski definition) is 2. The summed E-state index contributed by atoms with van der Waals surface area (Å²) in [4.78, 5) is 11.0. The first-order valence-corrected chi connectivity index (χ1v) is 5.47. The van der Waals surface area contributed by atoms with Gasteiger partial charge in [0.1, 0.15) is 6.42 Å². The maximum Gasteiger partial charge on any atom is 0.397 e. The zero-order valence-electron chi connectivity index (χ0n) is 9.92. The summed E-state index contributed by atoms with van der Waals surface area (Å²) in [7, 11) is 0. The third-order valence-corrected chi connectivity index (χ3v) is 2.00. The van der Waals surface area contributed by atoms with Gasteiger partial charge in [0.2, 0.25) is 5.91 Å². The van der Waals surface area contributed by atoms with Crippen LogP contribution < -0.4 is 5.32 Å². The van der Waals surface area contributed by atoms with Gasteiger partial charge in [-0.2, -0.15) is 13.2 Å². The summed E-state index contributed by atoms with van der Waals surface area (Å²) in [6.07, 6.45) is -5.67. The summed E-state index contributed by atoms with van der Waals surface area (Å²) in [6, 6.07) is 6.09. The molecule has 2 N–H and O–H groups in total. The molecule has 1 amide bonds. The molecular formula is C13H12F3NO2. The van der Waals surface area contributed by atoms with Gasteiger partial charge in [0.15, 0.2) is 0 Å². The summed E-state index contributed by atoms with van der Waals surface area (Å²) in [5.41, 5.74) is 0.934. The summed E-state index contributed by atoms with van der Waals surface area (Å²) >= 11 is 0. The van der Waals surface area contributed by atoms with Gasteiger partial charge in [-0.25, -0.2) is 0 Å². The van der Waals surface area contributed by atoms with Crippen LogP contribution >= 0.6 is 0 Å². The molecule has 0 bridgehead atoms. The van der Waals surface area contributed by atoms with Crippen molar-refractivity contribution in [2.24, 2.45) is 0 Å². The first kappa shape index (κ1) is 15.1. The molecule has 0 heterocycles. The van der Waals surface area contributed by atoms with Gasteiger partial charge in [0.05, 0.1) is 6.61 Å². The molecule has 3 nitrogen and oxygen atoms in total. The van der Waals surface area contributed by atoms with Crippen molar-refractivity contribution >= 4 is 11.6 Å². The second kappa shape index (κ2) is 6.81. The lowest BCUT2D eigenvalue weighted by Crippen LogP contribution is -2.21. The van der Waals surface area contributed by atoms with E-state index >= 15 is 0 Å². The maximum atomic E-state index is 11.9. The molecule has 0 fully saturated rings. The van der Waals surface area contributed by atoms with Crippen LogP contribution in [-0.4, -0.2) is 23.8 Å². The summed E-state index contributed by atoms with van der Waals surface area (Å²) in [5, 5.41) is 10.7. The number of aliphatic hydroxyl groups is 1. The van der Waals surface area contributed by atoms with Crippen molar-refractivity contribution in [1.82, 2.24) is 0 Å². The Labute approximate surface area is 108 Å². The molecule has 19 heavy (non-hydrogen) atoms. The predicted molar refractivity (Wildman–Crippen MR) is 64.3 cm³/mol. The zero-order valence-corrected chi connectivity index (χ0v) is 9.92. The van der Waals surface area contributed by atoms with Crippen molar-refractivity contribution < 1.29 is 23.1 Å². The number of alkyl halides is 3. The van der Waals surface area contributed by atoms with E-state index in [4.69, 9.17) is 5.11 Å². The normalized spacial score (nSPS) is 10.5. The quantitative estimate of drug-likeness (QED) is 0.829. The van der Waals surface area contributed by atoms with Crippen molar-refractivity contribution in [3.8, 4) is 11.8 Å². The minimum Gasteiger partial charge on any atom is -0.395 e. The Kier molecular flexibility index (Phi) is 5.39. The Morgan fingerprint density at radius 2 is 1.89 bits per heavy atom. The Morgan fingerprint density at radius 3 is 2.42 bits per heavy atom. The Bertz CT molecular complexity index is 483. The molecule has 0 unspecified atom stereocenters. The van der Waals surface area contributed by atoms with Crippen LogP contribution in [0.1, 0.15) is 18.4 Å². The minimum absolute atomic E-state index is 0.0292. The van der Waals surface area contributed by atoms with Crippen molar-refractivity contribution in [2.45, 2.75) is 19.0 Å². The number of carbonyl (C=O) groups excluding carboxylic acids is 1. The monoisotopic (exact) mass is 271 g/mol. The van der Waals surface area contributed by atoms with E-state index in [1.54, 1.807) is 12.1 Å². The number of halogens is 3. The molecule has 0 spiro atoms. The standard InChI is InChI=1S/C13H12F3NO2/c14-13(15,16)9-12(19)17-11-6-4-10(5-7-11)3-1-2-8-18/h4-7,18H,2,8-9H2,(H,17,19). The van der Waals surface area contributed by atoms with Gasteiger partial charge < -0.3 is 10.4 Å². The number of amides is 1. The van der Waals surface area contributed by atoms with E-state index in [9.17, 15) is 18.0 Å². The van der Waals surface area contributed by atoms with Gasteiger partial charge in [-0.15, -0.1) is 0 Å². The second-order valence-corrected chi connectivity index (χ2v) is 3.69. The molecule has 0 radical (unpaired) electrons. The number of hydrogen-bond donors (Lipinski definition) is 2. The molecule has 0 aliphatic rings. The number of nitrogens with one attached hydrogen (secondary N) is 1. The fourth-order valence-electron chi connectivity index (χ4n) is 1.24. The number of aliphatic hydroxyl groups excluding tert-OH is 1. The molecule has 0 saturated heterocycles. The van der Waals surface area contributed by atoms with E-state index in [1.165, 1.54) is 12.1 Å². The van der Waals surface area contributed by atoms with Crippen molar-refractivity contribution in [2.75, 3.05) is 11.9 Å². The van der Waals surface area contributed by atoms with Crippen molar-refractivity contribution in [1.29, 1.82) is 0 Å². The molecule has 102 valence electrons. The first-order chi connectivity index (χ1) is 8.90. The largest absolute Gasteiger partial charge is 0.397 e. The smallest absolute Gasteiger partial charge is 0.395 e. The van der Waals surface area contributed by atoms with Crippen LogP contribution in [0.15, 0.2) is 24.3 Å². The minimum atomic E-state index is -4.51. The SMILES string of the molecule is O=C(CC(F)(F)F)Nc1ccc(C#CCCO)cc1. The van der Waals surface area contributed by atoms with E-state index in [-0.39, 0.29) is 12.3 Å². The number of anilines is 1. The van der Waals surface area contributed by atoms with E-state index in [0.717, 1.165) is 0 Å². The van der Waals surface area contributed by atoms with E-state index in [0.29, 0.717) is 12.0 Å². The zero-order chi connectivity index (χ0) is 14.3. The van der Waals surface area contributed by atoms with Crippen LogP contribution in [-0.2, 0) is 4.79 Å². The Hall–Kier alpha value is -2.00. The fourth-order valence-corrected chi connectivity index (χ4v) is 1.24. The van der Waals surface area contributed by atoms with Gasteiger partial charge in [0, 0.05) is 17.7 Å². The van der Waals surface area contributed by atoms with E-state index in [1.807, 2.05) is 0 Å². The number of carbonyl (C=O) groups is 1. The van der Waals surface area contributed by atoms with Gasteiger partial charge in [0.25, 0.3) is 0 Å². The lowest BCUT2D eigenvalue weighted by Gasteiger charge is -2.07. The Balaban J connectivity index is 2.58. The van der Waals surface area contributed by atoms with Gasteiger partial charge in [-0.05, 0) is 24.3 Å². The lowest BCUT2D eigenvalue weighted by atomic mass is 10.2. The predicted octanol–water partition coefficient (Wildman–Crippen LogP) is 2.31. The van der Waals surface area contributed by atoms with Gasteiger partial charge in [-0.3, -0.25) is 4.79 Å². The van der Waals surface area contributed by atoms with Crippen LogP contribution in [0.25, 0.3) is 0 Å².